The second-order valence-electron chi connectivity index (χ2n) is 11.2. The van der Waals surface area contributed by atoms with Gasteiger partial charge in [-0.1, -0.05) is 25.7 Å². The van der Waals surface area contributed by atoms with E-state index in [4.69, 9.17) is 4.74 Å². The zero-order valence-corrected chi connectivity index (χ0v) is 18.9. The fourth-order valence-corrected chi connectivity index (χ4v) is 8.16. The van der Waals surface area contributed by atoms with Gasteiger partial charge in [-0.3, -0.25) is 4.79 Å². The number of hydrogen-bond acceptors (Lipinski definition) is 3. The number of ether oxygens (including phenoxy) is 1. The number of ketones is 1. The Hall–Kier alpha value is -0.850. The van der Waals surface area contributed by atoms with Crippen molar-refractivity contribution in [3.8, 4) is 11.8 Å². The summed E-state index contributed by atoms with van der Waals surface area (Å²) in [6.07, 6.45) is 12.0. The highest BCUT2D eigenvalue weighted by molar-refractivity contribution is 5.75. The monoisotopic (exact) mass is 400 g/mol. The van der Waals surface area contributed by atoms with Crippen molar-refractivity contribution in [1.82, 2.24) is 0 Å². The molecule has 0 saturated heterocycles. The minimum absolute atomic E-state index is 0.174. The lowest BCUT2D eigenvalue weighted by Crippen LogP contribution is -2.56. The van der Waals surface area contributed by atoms with E-state index in [0.717, 1.165) is 37.0 Å². The van der Waals surface area contributed by atoms with E-state index >= 15 is 0 Å². The summed E-state index contributed by atoms with van der Waals surface area (Å²) in [6.45, 7) is 6.64. The van der Waals surface area contributed by atoms with E-state index in [9.17, 15) is 9.90 Å². The first-order valence-electron chi connectivity index (χ1n) is 12.0. The first kappa shape index (κ1) is 21.4. The molecule has 4 aliphatic rings. The van der Waals surface area contributed by atoms with Crippen LogP contribution in [0.3, 0.4) is 0 Å². The molecule has 0 amide bonds. The molecule has 0 radical (unpaired) electrons. The predicted octanol–water partition coefficient (Wildman–Crippen LogP) is 5.15. The van der Waals surface area contributed by atoms with Crippen LogP contribution in [0.15, 0.2) is 0 Å². The lowest BCUT2D eigenvalue weighted by Gasteiger charge is -2.61. The van der Waals surface area contributed by atoms with Gasteiger partial charge >= 0.3 is 0 Å². The maximum absolute atomic E-state index is 11.2. The summed E-state index contributed by atoms with van der Waals surface area (Å²) in [5.41, 5.74) is -0.120. The summed E-state index contributed by atoms with van der Waals surface area (Å²) in [5, 5.41) is 11.2. The summed E-state index contributed by atoms with van der Waals surface area (Å²) in [5.74, 6) is 9.47. The molecular formula is C26H40O3. The van der Waals surface area contributed by atoms with Gasteiger partial charge in [0.05, 0.1) is 6.10 Å². The zero-order valence-electron chi connectivity index (χ0n) is 18.9. The van der Waals surface area contributed by atoms with Gasteiger partial charge in [-0.25, -0.2) is 0 Å². The van der Waals surface area contributed by atoms with Crippen molar-refractivity contribution in [3.05, 3.63) is 0 Å². The molecule has 3 nitrogen and oxygen atoms in total. The topological polar surface area (TPSA) is 46.5 Å². The predicted molar refractivity (Wildman–Crippen MR) is 115 cm³/mol. The maximum Gasteiger partial charge on any atom is 0.130 e. The number of rotatable bonds is 3. The van der Waals surface area contributed by atoms with Crippen molar-refractivity contribution in [1.29, 1.82) is 0 Å². The SMILES string of the molecule is COC1CC[C@H]2[C@@H]3CCC4CC(O)(C#CCCC(C)=O)CC[C@]4(C)[C@@H]3CC[C@]12C. The average Bonchev–Trinajstić information content (AvgIpc) is 3.02. The number of hydrogen-bond donors (Lipinski definition) is 1. The number of Topliss-reactive ketones (excluding diaryl/α,β-unsaturated/α-hetero) is 1. The number of carbonyl (C=O) groups is 1. The summed E-state index contributed by atoms with van der Waals surface area (Å²) < 4.78 is 5.91. The van der Waals surface area contributed by atoms with Crippen LogP contribution in [-0.4, -0.2) is 29.7 Å². The van der Waals surface area contributed by atoms with Crippen LogP contribution in [0.2, 0.25) is 0 Å². The van der Waals surface area contributed by atoms with E-state index in [1.165, 1.54) is 38.5 Å². The van der Waals surface area contributed by atoms with Gasteiger partial charge in [0.1, 0.15) is 11.4 Å². The number of methoxy groups -OCH3 is 1. The molecule has 29 heavy (non-hydrogen) atoms. The zero-order chi connectivity index (χ0) is 20.9. The quantitative estimate of drug-likeness (QED) is 0.667. The van der Waals surface area contributed by atoms with Crippen molar-refractivity contribution in [2.75, 3.05) is 7.11 Å². The van der Waals surface area contributed by atoms with Crippen LogP contribution in [0.5, 0.6) is 0 Å². The first-order valence-corrected chi connectivity index (χ1v) is 12.0. The normalized spacial score (nSPS) is 48.7. The van der Waals surface area contributed by atoms with Gasteiger partial charge in [0.2, 0.25) is 0 Å². The molecule has 0 bridgehead atoms. The largest absolute Gasteiger partial charge is 0.381 e. The molecule has 0 heterocycles. The minimum Gasteiger partial charge on any atom is -0.381 e. The van der Waals surface area contributed by atoms with Crippen LogP contribution in [0.4, 0.5) is 0 Å². The smallest absolute Gasteiger partial charge is 0.130 e. The Balaban J connectivity index is 1.48. The molecule has 4 aliphatic carbocycles. The highest BCUT2D eigenvalue weighted by Crippen LogP contribution is 2.67. The highest BCUT2D eigenvalue weighted by Gasteiger charge is 2.61. The fourth-order valence-electron chi connectivity index (χ4n) is 8.16. The van der Waals surface area contributed by atoms with Crippen LogP contribution in [0.1, 0.15) is 91.4 Å². The molecule has 3 heteroatoms. The Morgan fingerprint density at radius 3 is 2.52 bits per heavy atom. The molecule has 0 spiro atoms. The summed E-state index contributed by atoms with van der Waals surface area (Å²) in [7, 11) is 1.90. The Bertz CT molecular complexity index is 704. The van der Waals surface area contributed by atoms with Gasteiger partial charge in [-0.2, -0.15) is 0 Å². The second-order valence-corrected chi connectivity index (χ2v) is 11.2. The fraction of sp³-hybridized carbons (Fsp3) is 0.885. The lowest BCUT2D eigenvalue weighted by atomic mass is 9.44. The third-order valence-corrected chi connectivity index (χ3v) is 9.85. The Morgan fingerprint density at radius 2 is 1.79 bits per heavy atom. The number of aliphatic hydroxyl groups is 1. The van der Waals surface area contributed by atoms with Gasteiger partial charge in [0, 0.05) is 20.0 Å². The first-order chi connectivity index (χ1) is 13.7. The van der Waals surface area contributed by atoms with E-state index in [1.807, 2.05) is 7.11 Å². The third kappa shape index (κ3) is 3.59. The van der Waals surface area contributed by atoms with Gasteiger partial charge < -0.3 is 9.84 Å². The molecule has 162 valence electrons. The van der Waals surface area contributed by atoms with Crippen molar-refractivity contribution >= 4 is 5.78 Å². The molecule has 0 aliphatic heterocycles. The summed E-state index contributed by atoms with van der Waals surface area (Å²) in [4.78, 5) is 11.1. The van der Waals surface area contributed by atoms with E-state index < -0.39 is 5.60 Å². The maximum atomic E-state index is 11.2. The van der Waals surface area contributed by atoms with Crippen LogP contribution >= 0.6 is 0 Å². The Kier molecular flexibility index (Phi) is 5.67. The Morgan fingerprint density at radius 1 is 1.03 bits per heavy atom. The van der Waals surface area contributed by atoms with Crippen molar-refractivity contribution in [3.63, 3.8) is 0 Å². The minimum atomic E-state index is -0.842. The molecule has 0 aromatic heterocycles. The van der Waals surface area contributed by atoms with Gasteiger partial charge in [-0.05, 0) is 99.2 Å². The molecule has 0 aromatic rings. The lowest BCUT2D eigenvalue weighted by molar-refractivity contribution is -0.146. The van der Waals surface area contributed by atoms with E-state index in [-0.39, 0.29) is 5.78 Å². The number of fused-ring (bicyclic) bond motifs is 5. The standard InChI is InChI=1S/C26H40O3/c1-18(27)7-5-6-13-26(28)16-15-24(2)19(17-26)8-9-20-21-10-11-23(29-4)25(21,3)14-12-22(20)24/h19-23,28H,5,7-12,14-17H2,1-4H3/t19?,20-,21-,22+,23?,24-,25-,26?/m0/s1. The summed E-state index contributed by atoms with van der Waals surface area (Å²) in [6, 6.07) is 0. The highest BCUT2D eigenvalue weighted by atomic mass is 16.5. The van der Waals surface area contributed by atoms with Gasteiger partial charge in [0.25, 0.3) is 0 Å². The van der Waals surface area contributed by atoms with E-state index in [1.54, 1.807) is 6.92 Å². The van der Waals surface area contributed by atoms with Crippen LogP contribution in [0.25, 0.3) is 0 Å². The van der Waals surface area contributed by atoms with Gasteiger partial charge in [0.15, 0.2) is 0 Å². The Labute approximate surface area is 177 Å². The average molecular weight is 401 g/mol. The molecule has 0 aromatic carbocycles. The van der Waals surface area contributed by atoms with Gasteiger partial charge in [-0.15, -0.1) is 0 Å². The van der Waals surface area contributed by atoms with Crippen molar-refractivity contribution in [2.24, 2.45) is 34.5 Å². The van der Waals surface area contributed by atoms with Crippen molar-refractivity contribution in [2.45, 2.75) is 103 Å². The van der Waals surface area contributed by atoms with Crippen molar-refractivity contribution < 1.29 is 14.6 Å². The van der Waals surface area contributed by atoms with Crippen LogP contribution < -0.4 is 0 Å². The van der Waals surface area contributed by atoms with Crippen LogP contribution in [0, 0.1) is 46.3 Å². The molecular weight excluding hydrogens is 360 g/mol. The molecule has 8 atom stereocenters. The molecule has 4 fully saturated rings. The summed E-state index contributed by atoms with van der Waals surface area (Å²) >= 11 is 0. The van der Waals surface area contributed by atoms with E-state index in [2.05, 4.69) is 25.7 Å². The molecule has 3 unspecified atom stereocenters. The number of carbonyl (C=O) groups excluding carboxylic acids is 1. The molecule has 4 rings (SSSR count). The third-order valence-electron chi connectivity index (χ3n) is 9.85. The van der Waals surface area contributed by atoms with Crippen LogP contribution in [-0.2, 0) is 9.53 Å². The molecule has 1 N–H and O–H groups in total. The second kappa shape index (κ2) is 7.69. The molecule has 4 saturated carbocycles. The van der Waals surface area contributed by atoms with E-state index in [0.29, 0.717) is 35.7 Å².